The van der Waals surface area contributed by atoms with Gasteiger partial charge >= 0.3 is 6.18 Å². The highest BCUT2D eigenvalue weighted by Gasteiger charge is 2.32. The van der Waals surface area contributed by atoms with E-state index < -0.39 is 29.0 Å². The molecule has 5 nitrogen and oxygen atoms in total. The van der Waals surface area contributed by atoms with Crippen molar-refractivity contribution in [3.8, 4) is 0 Å². The molecular weight excluding hydrogens is 328 g/mol. The lowest BCUT2D eigenvalue weighted by atomic mass is 10.1. The molecule has 0 atom stereocenters. The molecular formula is C15H10F4N4O. The van der Waals surface area contributed by atoms with E-state index in [1.54, 1.807) is 6.07 Å². The molecule has 0 saturated heterocycles. The van der Waals surface area contributed by atoms with Crippen LogP contribution in [0.3, 0.4) is 0 Å². The molecule has 4 N–H and O–H groups in total. The predicted octanol–water partition coefficient (Wildman–Crippen LogP) is 3.56. The van der Waals surface area contributed by atoms with Gasteiger partial charge in [-0.3, -0.25) is 9.89 Å². The number of alkyl halides is 3. The number of carbonyl (C=O) groups is 1. The molecule has 24 heavy (non-hydrogen) atoms. The van der Waals surface area contributed by atoms with Gasteiger partial charge in [0.1, 0.15) is 5.82 Å². The first-order valence-electron chi connectivity index (χ1n) is 6.67. The lowest BCUT2D eigenvalue weighted by Gasteiger charge is -2.10. The van der Waals surface area contributed by atoms with Crippen molar-refractivity contribution in [3.63, 3.8) is 0 Å². The van der Waals surface area contributed by atoms with Gasteiger partial charge in [-0.15, -0.1) is 0 Å². The van der Waals surface area contributed by atoms with E-state index in [-0.39, 0.29) is 11.5 Å². The summed E-state index contributed by atoms with van der Waals surface area (Å²) in [5, 5.41) is 9.31. The molecule has 1 aromatic heterocycles. The van der Waals surface area contributed by atoms with Gasteiger partial charge in [0.15, 0.2) is 5.82 Å². The number of aromatic nitrogens is 2. The Morgan fingerprint density at radius 1 is 1.17 bits per heavy atom. The number of nitrogens with two attached hydrogens (primary N) is 1. The average Bonchev–Trinajstić information content (AvgIpc) is 2.87. The molecule has 124 valence electrons. The molecule has 0 aliphatic heterocycles. The van der Waals surface area contributed by atoms with Gasteiger partial charge in [0.2, 0.25) is 0 Å². The minimum absolute atomic E-state index is 0.200. The largest absolute Gasteiger partial charge is 0.416 e. The molecule has 0 aliphatic carbocycles. The number of hydrogen-bond donors (Lipinski definition) is 3. The van der Waals surface area contributed by atoms with Crippen LogP contribution in [0.4, 0.5) is 29.1 Å². The van der Waals surface area contributed by atoms with Crippen LogP contribution in [0.15, 0.2) is 36.4 Å². The smallest absolute Gasteiger partial charge is 0.382 e. The highest BCUT2D eigenvalue weighted by atomic mass is 19.4. The maximum Gasteiger partial charge on any atom is 0.416 e. The number of fused-ring (bicyclic) bond motifs is 1. The minimum Gasteiger partial charge on any atom is -0.382 e. The second kappa shape index (κ2) is 5.52. The normalized spacial score (nSPS) is 11.7. The number of rotatable bonds is 2. The summed E-state index contributed by atoms with van der Waals surface area (Å²) in [5.41, 5.74) is 4.70. The summed E-state index contributed by atoms with van der Waals surface area (Å²) in [6.45, 7) is 0. The van der Waals surface area contributed by atoms with Gasteiger partial charge in [0.05, 0.1) is 16.6 Å². The molecule has 1 heterocycles. The van der Waals surface area contributed by atoms with Crippen LogP contribution in [0.1, 0.15) is 15.9 Å². The number of benzene rings is 2. The monoisotopic (exact) mass is 338 g/mol. The van der Waals surface area contributed by atoms with Crippen LogP contribution in [0, 0.1) is 5.82 Å². The lowest BCUT2D eigenvalue weighted by Crippen LogP contribution is -2.16. The van der Waals surface area contributed by atoms with Crippen molar-refractivity contribution >= 4 is 28.3 Å². The number of hydrogen-bond acceptors (Lipinski definition) is 3. The number of halogens is 4. The minimum atomic E-state index is -4.67. The Morgan fingerprint density at radius 3 is 2.62 bits per heavy atom. The van der Waals surface area contributed by atoms with Crippen LogP contribution in [0.25, 0.3) is 10.9 Å². The predicted molar refractivity (Wildman–Crippen MR) is 79.9 cm³/mol. The number of anilines is 2. The van der Waals surface area contributed by atoms with Crippen LogP contribution in [0.5, 0.6) is 0 Å². The number of nitrogen functional groups attached to an aromatic ring is 1. The second-order valence-corrected chi connectivity index (χ2v) is 5.02. The molecule has 0 saturated carbocycles. The van der Waals surface area contributed by atoms with Gasteiger partial charge < -0.3 is 11.1 Å². The summed E-state index contributed by atoms with van der Waals surface area (Å²) in [5.74, 6) is -1.85. The Bertz CT molecular complexity index is 933. The second-order valence-electron chi connectivity index (χ2n) is 5.02. The topological polar surface area (TPSA) is 83.8 Å². The maximum absolute atomic E-state index is 13.7. The number of aromatic amines is 1. The molecule has 3 aromatic rings. The summed E-state index contributed by atoms with van der Waals surface area (Å²) in [6, 6.07) is 6.20. The highest BCUT2D eigenvalue weighted by molar-refractivity contribution is 6.05. The third-order valence-electron chi connectivity index (χ3n) is 3.39. The zero-order valence-electron chi connectivity index (χ0n) is 11.9. The zero-order chi connectivity index (χ0) is 17.5. The Hall–Kier alpha value is -3.10. The molecule has 2 aromatic carbocycles. The SMILES string of the molecule is Nc1n[nH]c2ccc(NC(=O)c3cc(C(F)(F)F)ccc3F)cc12. The molecule has 0 spiro atoms. The molecule has 0 aliphatic rings. The fourth-order valence-corrected chi connectivity index (χ4v) is 2.19. The standard InChI is InChI=1S/C15H10F4N4O/c16-11-3-1-7(15(17,18)19)5-9(11)14(24)21-8-2-4-12-10(6-8)13(20)23-22-12/h1-6H,(H,21,24)(H3,20,22,23). The first-order valence-corrected chi connectivity index (χ1v) is 6.67. The summed E-state index contributed by atoms with van der Waals surface area (Å²) in [6.07, 6.45) is -4.67. The van der Waals surface area contributed by atoms with Crippen LogP contribution in [-0.2, 0) is 6.18 Å². The van der Waals surface area contributed by atoms with Gasteiger partial charge in [-0.25, -0.2) is 4.39 Å². The van der Waals surface area contributed by atoms with Crippen molar-refractivity contribution in [3.05, 3.63) is 53.3 Å². The Balaban J connectivity index is 1.92. The van der Waals surface area contributed by atoms with Crippen molar-refractivity contribution in [2.45, 2.75) is 6.18 Å². The molecule has 0 radical (unpaired) electrons. The number of H-pyrrole nitrogens is 1. The fraction of sp³-hybridized carbons (Fsp3) is 0.0667. The van der Waals surface area contributed by atoms with Crippen LogP contribution >= 0.6 is 0 Å². The summed E-state index contributed by atoms with van der Waals surface area (Å²) in [7, 11) is 0. The quantitative estimate of drug-likeness (QED) is 0.625. The van der Waals surface area contributed by atoms with Crippen LogP contribution in [-0.4, -0.2) is 16.1 Å². The molecule has 1 amide bonds. The van der Waals surface area contributed by atoms with Crippen molar-refractivity contribution in [1.82, 2.24) is 10.2 Å². The van der Waals surface area contributed by atoms with E-state index in [4.69, 9.17) is 5.73 Å². The van der Waals surface area contributed by atoms with E-state index in [0.717, 1.165) is 0 Å². The van der Waals surface area contributed by atoms with E-state index in [1.165, 1.54) is 12.1 Å². The first-order chi connectivity index (χ1) is 11.3. The van der Waals surface area contributed by atoms with E-state index in [1.807, 2.05) is 0 Å². The van der Waals surface area contributed by atoms with Crippen LogP contribution < -0.4 is 11.1 Å². The Kier molecular flexibility index (Phi) is 3.63. The van der Waals surface area contributed by atoms with Gasteiger partial charge in [0.25, 0.3) is 5.91 Å². The third-order valence-corrected chi connectivity index (χ3v) is 3.39. The Morgan fingerprint density at radius 2 is 1.92 bits per heavy atom. The highest BCUT2D eigenvalue weighted by Crippen LogP contribution is 2.30. The number of nitrogens with one attached hydrogen (secondary N) is 2. The Labute approximate surface area is 132 Å². The van der Waals surface area contributed by atoms with E-state index in [2.05, 4.69) is 15.5 Å². The summed E-state index contributed by atoms with van der Waals surface area (Å²) in [4.78, 5) is 12.1. The van der Waals surface area contributed by atoms with E-state index in [0.29, 0.717) is 29.1 Å². The van der Waals surface area contributed by atoms with Gasteiger partial charge in [0, 0.05) is 11.1 Å². The van der Waals surface area contributed by atoms with Crippen molar-refractivity contribution < 1.29 is 22.4 Å². The van der Waals surface area contributed by atoms with Gasteiger partial charge in [-0.2, -0.15) is 18.3 Å². The van der Waals surface area contributed by atoms with Crippen LogP contribution in [0.2, 0.25) is 0 Å². The number of amides is 1. The van der Waals surface area contributed by atoms with Crippen molar-refractivity contribution in [2.75, 3.05) is 11.1 Å². The van der Waals surface area contributed by atoms with Gasteiger partial charge in [-0.05, 0) is 36.4 Å². The van der Waals surface area contributed by atoms with Crippen molar-refractivity contribution in [1.29, 1.82) is 0 Å². The van der Waals surface area contributed by atoms with E-state index in [9.17, 15) is 22.4 Å². The third kappa shape index (κ3) is 2.87. The lowest BCUT2D eigenvalue weighted by molar-refractivity contribution is -0.137. The molecule has 0 fully saturated rings. The fourth-order valence-electron chi connectivity index (χ4n) is 2.19. The molecule has 9 heteroatoms. The summed E-state index contributed by atoms with van der Waals surface area (Å²) < 4.78 is 51.8. The number of carbonyl (C=O) groups excluding carboxylic acids is 1. The number of nitrogens with zero attached hydrogens (tertiary/aromatic N) is 1. The molecule has 3 rings (SSSR count). The van der Waals surface area contributed by atoms with E-state index >= 15 is 0 Å². The molecule has 0 unspecified atom stereocenters. The van der Waals surface area contributed by atoms with Crippen molar-refractivity contribution in [2.24, 2.45) is 0 Å². The summed E-state index contributed by atoms with van der Waals surface area (Å²) >= 11 is 0. The average molecular weight is 338 g/mol. The van der Waals surface area contributed by atoms with Gasteiger partial charge in [-0.1, -0.05) is 0 Å². The molecule has 0 bridgehead atoms. The first kappa shape index (κ1) is 15.8. The zero-order valence-corrected chi connectivity index (χ0v) is 11.9. The maximum atomic E-state index is 13.7.